The zero-order valence-corrected chi connectivity index (χ0v) is 18.3. The zero-order chi connectivity index (χ0) is 21.3. The number of aromatic nitrogens is 2. The molecule has 3 aromatic rings. The highest BCUT2D eigenvalue weighted by Gasteiger charge is 2.23. The van der Waals surface area contributed by atoms with Gasteiger partial charge in [-0.15, -0.1) is 11.8 Å². The second kappa shape index (κ2) is 8.83. The number of hydrogen-bond donors (Lipinski definition) is 1. The highest BCUT2D eigenvalue weighted by Crippen LogP contribution is 2.30. The summed E-state index contributed by atoms with van der Waals surface area (Å²) < 4.78 is 14.8. The summed E-state index contributed by atoms with van der Waals surface area (Å²) in [6, 6.07) is 11.0. The van der Waals surface area contributed by atoms with Crippen molar-refractivity contribution in [1.29, 1.82) is 0 Å². The van der Waals surface area contributed by atoms with Crippen molar-refractivity contribution in [1.82, 2.24) is 9.55 Å². The lowest BCUT2D eigenvalue weighted by atomic mass is 10.2. The molecule has 0 bridgehead atoms. The first-order valence-electron chi connectivity index (χ1n) is 9.16. The van der Waals surface area contributed by atoms with Crippen LogP contribution in [0.2, 0.25) is 5.02 Å². The Morgan fingerprint density at radius 3 is 2.80 bits per heavy atom. The van der Waals surface area contributed by atoms with Gasteiger partial charge in [-0.1, -0.05) is 29.4 Å². The van der Waals surface area contributed by atoms with Gasteiger partial charge < -0.3 is 5.32 Å². The molecule has 154 valence electrons. The number of hydrogen-bond acceptors (Lipinski definition) is 5. The van der Waals surface area contributed by atoms with Crippen LogP contribution in [0, 0.1) is 12.7 Å². The first-order chi connectivity index (χ1) is 14.4. The van der Waals surface area contributed by atoms with Crippen molar-refractivity contribution in [2.45, 2.75) is 23.4 Å². The monoisotopic (exact) mass is 461 g/mol. The Hall–Kier alpha value is -2.29. The van der Waals surface area contributed by atoms with E-state index in [1.54, 1.807) is 12.1 Å². The fraction of sp³-hybridized carbons (Fsp3) is 0.190. The van der Waals surface area contributed by atoms with Crippen LogP contribution in [0.25, 0.3) is 5.69 Å². The minimum atomic E-state index is -0.388. The van der Waals surface area contributed by atoms with Crippen LogP contribution in [0.15, 0.2) is 57.3 Å². The summed E-state index contributed by atoms with van der Waals surface area (Å²) in [7, 11) is 0. The van der Waals surface area contributed by atoms with Crippen LogP contribution in [0.3, 0.4) is 0 Å². The summed E-state index contributed by atoms with van der Waals surface area (Å²) in [6.45, 7) is 1.89. The predicted molar refractivity (Wildman–Crippen MR) is 120 cm³/mol. The molecule has 0 fully saturated rings. The Kier molecular flexibility index (Phi) is 6.17. The average Bonchev–Trinajstić information content (AvgIpc) is 3.19. The molecule has 4 rings (SSSR count). The Bertz CT molecular complexity index is 1180. The van der Waals surface area contributed by atoms with Gasteiger partial charge in [0.25, 0.3) is 5.56 Å². The number of nitrogens with one attached hydrogen (secondary N) is 1. The van der Waals surface area contributed by atoms with Crippen LogP contribution < -0.4 is 10.9 Å². The van der Waals surface area contributed by atoms with E-state index >= 15 is 0 Å². The van der Waals surface area contributed by atoms with Gasteiger partial charge >= 0.3 is 0 Å². The van der Waals surface area contributed by atoms with E-state index in [4.69, 9.17) is 11.6 Å². The van der Waals surface area contributed by atoms with Gasteiger partial charge in [-0.3, -0.25) is 14.2 Å². The number of anilines is 1. The molecule has 0 radical (unpaired) electrons. The van der Waals surface area contributed by atoms with Crippen LogP contribution in [-0.2, 0) is 11.2 Å². The Balaban J connectivity index is 1.59. The number of thioether (sulfide) groups is 2. The van der Waals surface area contributed by atoms with E-state index in [1.165, 1.54) is 40.6 Å². The number of carbonyl (C=O) groups is 1. The van der Waals surface area contributed by atoms with Crippen molar-refractivity contribution in [3.05, 3.63) is 74.9 Å². The molecule has 1 aliphatic heterocycles. The largest absolute Gasteiger partial charge is 0.325 e. The summed E-state index contributed by atoms with van der Waals surface area (Å²) >= 11 is 8.75. The maximum atomic E-state index is 13.4. The molecule has 5 nitrogen and oxygen atoms in total. The van der Waals surface area contributed by atoms with Crippen LogP contribution in [0.4, 0.5) is 10.1 Å². The molecule has 30 heavy (non-hydrogen) atoms. The maximum absolute atomic E-state index is 13.4. The lowest BCUT2D eigenvalue weighted by molar-refractivity contribution is -0.113. The van der Waals surface area contributed by atoms with E-state index in [2.05, 4.69) is 10.3 Å². The van der Waals surface area contributed by atoms with Gasteiger partial charge in [0.2, 0.25) is 5.91 Å². The smallest absolute Gasteiger partial charge is 0.272 e. The highest BCUT2D eigenvalue weighted by atomic mass is 35.5. The molecule has 2 heterocycles. The molecule has 1 aromatic heterocycles. The van der Waals surface area contributed by atoms with E-state index < -0.39 is 0 Å². The second-order valence-corrected chi connectivity index (χ2v) is 9.14. The molecule has 2 aromatic carbocycles. The number of benzene rings is 2. The molecule has 0 spiro atoms. The Morgan fingerprint density at radius 2 is 2.07 bits per heavy atom. The molecule has 0 saturated heterocycles. The van der Waals surface area contributed by atoms with Gasteiger partial charge in [0, 0.05) is 22.9 Å². The lowest BCUT2D eigenvalue weighted by Crippen LogP contribution is -2.24. The van der Waals surface area contributed by atoms with Crippen molar-refractivity contribution in [2.75, 3.05) is 16.8 Å². The first-order valence-corrected chi connectivity index (χ1v) is 11.5. The van der Waals surface area contributed by atoms with Crippen molar-refractivity contribution < 1.29 is 9.18 Å². The molecule has 1 N–H and O–H groups in total. The van der Waals surface area contributed by atoms with Crippen LogP contribution in [-0.4, -0.2) is 27.0 Å². The summed E-state index contributed by atoms with van der Waals surface area (Å²) in [5.41, 5.74) is 2.59. The van der Waals surface area contributed by atoms with Gasteiger partial charge in [-0.2, -0.15) is 0 Å². The second-order valence-electron chi connectivity index (χ2n) is 6.69. The third kappa shape index (κ3) is 4.40. The van der Waals surface area contributed by atoms with Gasteiger partial charge in [0.05, 0.1) is 22.0 Å². The highest BCUT2D eigenvalue weighted by molar-refractivity contribution is 8.00. The molecule has 1 aliphatic rings. The van der Waals surface area contributed by atoms with E-state index in [-0.39, 0.29) is 23.0 Å². The Morgan fingerprint density at radius 1 is 1.30 bits per heavy atom. The molecular weight excluding hydrogens is 445 g/mol. The average molecular weight is 462 g/mol. The molecule has 0 aliphatic carbocycles. The van der Waals surface area contributed by atoms with Crippen molar-refractivity contribution in [2.24, 2.45) is 0 Å². The third-order valence-corrected chi connectivity index (χ3v) is 6.99. The fourth-order valence-corrected chi connectivity index (χ4v) is 5.04. The van der Waals surface area contributed by atoms with Crippen LogP contribution in [0.1, 0.15) is 11.3 Å². The standard InChI is InChI=1S/C21H17ClFN3O2S2/c1-12-2-5-14(10-16(12)22)24-18(27)11-30-21-25-17-8-9-29-19(17)20(28)26(21)15-6-3-13(23)4-7-15/h2-7,10H,8-9,11H2,1H3,(H,24,27). The maximum Gasteiger partial charge on any atom is 0.272 e. The number of aryl methyl sites for hydroxylation is 2. The number of halogens is 2. The normalized spacial score (nSPS) is 12.6. The minimum absolute atomic E-state index is 0.0606. The minimum Gasteiger partial charge on any atom is -0.325 e. The molecule has 0 unspecified atom stereocenters. The van der Waals surface area contributed by atoms with E-state index in [0.29, 0.717) is 32.9 Å². The van der Waals surface area contributed by atoms with Gasteiger partial charge in [0.1, 0.15) is 5.82 Å². The topological polar surface area (TPSA) is 64.0 Å². The van der Waals surface area contributed by atoms with E-state index in [9.17, 15) is 14.0 Å². The molecule has 0 atom stereocenters. The van der Waals surface area contributed by atoms with Crippen molar-refractivity contribution >= 4 is 46.7 Å². The molecule has 9 heteroatoms. The van der Waals surface area contributed by atoms with E-state index in [0.717, 1.165) is 28.8 Å². The summed E-state index contributed by atoms with van der Waals surface area (Å²) in [5.74, 6) is 0.227. The summed E-state index contributed by atoms with van der Waals surface area (Å²) in [5, 5.41) is 3.78. The first kappa shape index (κ1) is 21.0. The van der Waals surface area contributed by atoms with Gasteiger partial charge in [0.15, 0.2) is 5.16 Å². The SMILES string of the molecule is Cc1ccc(NC(=O)CSc2nc3c(c(=O)n2-c2ccc(F)cc2)SCC3)cc1Cl. The number of nitrogens with zero attached hydrogens (tertiary/aromatic N) is 2. The third-order valence-electron chi connectivity index (χ3n) is 4.54. The Labute approximate surface area is 186 Å². The van der Waals surface area contributed by atoms with Gasteiger partial charge in [-0.25, -0.2) is 9.37 Å². The lowest BCUT2D eigenvalue weighted by Gasteiger charge is -2.14. The number of rotatable bonds is 5. The molecular formula is C21H17ClFN3O2S2. The van der Waals surface area contributed by atoms with Crippen molar-refractivity contribution in [3.8, 4) is 5.69 Å². The summed E-state index contributed by atoms with van der Waals surface area (Å²) in [4.78, 5) is 30.7. The zero-order valence-electron chi connectivity index (χ0n) is 15.9. The molecule has 0 saturated carbocycles. The van der Waals surface area contributed by atoms with Crippen molar-refractivity contribution in [3.63, 3.8) is 0 Å². The predicted octanol–water partition coefficient (Wildman–Crippen LogP) is 4.71. The number of fused-ring (bicyclic) bond motifs is 1. The fourth-order valence-electron chi connectivity index (χ4n) is 3.00. The quantitative estimate of drug-likeness (QED) is 0.440. The van der Waals surface area contributed by atoms with Crippen LogP contribution in [0.5, 0.6) is 0 Å². The summed E-state index contributed by atoms with van der Waals surface area (Å²) in [6.07, 6.45) is 0.709. The van der Waals surface area contributed by atoms with Crippen LogP contribution >= 0.6 is 35.1 Å². The van der Waals surface area contributed by atoms with Gasteiger partial charge in [-0.05, 0) is 48.9 Å². The van der Waals surface area contributed by atoms with E-state index in [1.807, 2.05) is 13.0 Å². The number of amides is 1. The number of carbonyl (C=O) groups excluding carboxylic acids is 1. The molecule has 1 amide bonds.